The average molecular weight is 385 g/mol. The van der Waals surface area contributed by atoms with Crippen LogP contribution in [0.25, 0.3) is 10.9 Å². The minimum Gasteiger partial charge on any atom is -0.468 e. The van der Waals surface area contributed by atoms with Gasteiger partial charge in [0, 0.05) is 24.6 Å². The molecule has 0 atom stereocenters. The molecule has 1 aromatic heterocycles. The predicted molar refractivity (Wildman–Crippen MR) is 106 cm³/mol. The van der Waals surface area contributed by atoms with Crippen molar-refractivity contribution in [1.29, 1.82) is 0 Å². The molecule has 3 rings (SSSR count). The van der Waals surface area contributed by atoms with Gasteiger partial charge in [0.15, 0.2) is 0 Å². The number of carbonyl (C=O) groups excluding carboxylic acids is 2. The third-order valence-corrected chi connectivity index (χ3v) is 5.22. The summed E-state index contributed by atoms with van der Waals surface area (Å²) in [6.07, 6.45) is 5.03. The number of aryl methyl sites for hydroxylation is 1. The van der Waals surface area contributed by atoms with Crippen LogP contribution in [0.5, 0.6) is 0 Å². The lowest BCUT2D eigenvalue weighted by atomic mass is 10.1. The molecule has 2 heterocycles. The summed E-state index contributed by atoms with van der Waals surface area (Å²) in [7, 11) is 1.30. The molecule has 0 saturated heterocycles. The lowest BCUT2D eigenvalue weighted by molar-refractivity contribution is -0.141. The van der Waals surface area contributed by atoms with Gasteiger partial charge in [-0.05, 0) is 44.9 Å². The largest absolute Gasteiger partial charge is 0.468 e. The SMILES string of the molecule is COC(=O)CN(C(=O)c1ccc2c(=O)n3c(nc2c1)CCCCCC3)C(C)C. The summed E-state index contributed by atoms with van der Waals surface area (Å²) in [4.78, 5) is 43.7. The minimum absolute atomic E-state index is 0.0452. The quantitative estimate of drug-likeness (QED) is 0.756. The van der Waals surface area contributed by atoms with Gasteiger partial charge in [-0.2, -0.15) is 0 Å². The van der Waals surface area contributed by atoms with Crippen LogP contribution in [-0.4, -0.2) is 46.0 Å². The van der Waals surface area contributed by atoms with Crippen molar-refractivity contribution in [2.24, 2.45) is 0 Å². The fourth-order valence-corrected chi connectivity index (χ4v) is 3.59. The highest BCUT2D eigenvalue weighted by atomic mass is 16.5. The summed E-state index contributed by atoms with van der Waals surface area (Å²) < 4.78 is 6.48. The van der Waals surface area contributed by atoms with E-state index in [1.54, 1.807) is 22.8 Å². The summed E-state index contributed by atoms with van der Waals surface area (Å²) in [5.41, 5.74) is 0.897. The van der Waals surface area contributed by atoms with Gasteiger partial charge in [-0.1, -0.05) is 12.8 Å². The number of ether oxygens (including phenoxy) is 1. The van der Waals surface area contributed by atoms with E-state index in [1.807, 2.05) is 13.8 Å². The van der Waals surface area contributed by atoms with Crippen molar-refractivity contribution in [3.8, 4) is 0 Å². The molecular weight excluding hydrogens is 358 g/mol. The van der Waals surface area contributed by atoms with E-state index in [1.165, 1.54) is 12.0 Å². The Morgan fingerprint density at radius 2 is 1.96 bits per heavy atom. The molecular formula is C21H27N3O4. The molecule has 0 fully saturated rings. The zero-order valence-electron chi connectivity index (χ0n) is 16.7. The van der Waals surface area contributed by atoms with Gasteiger partial charge in [0.25, 0.3) is 11.5 Å². The Morgan fingerprint density at radius 1 is 1.21 bits per heavy atom. The molecule has 7 nitrogen and oxygen atoms in total. The molecule has 1 amide bonds. The summed E-state index contributed by atoms with van der Waals surface area (Å²) >= 11 is 0. The minimum atomic E-state index is -0.472. The second-order valence-corrected chi connectivity index (χ2v) is 7.48. The summed E-state index contributed by atoms with van der Waals surface area (Å²) in [6, 6.07) is 4.79. The van der Waals surface area contributed by atoms with Gasteiger partial charge in [0.2, 0.25) is 0 Å². The molecule has 7 heteroatoms. The van der Waals surface area contributed by atoms with E-state index in [4.69, 9.17) is 9.72 Å². The standard InChI is InChI=1S/C21H27N3O4/c1-14(2)24(13-19(25)28-3)20(26)15-9-10-16-17(12-15)22-18-8-6-4-5-7-11-23(18)21(16)27/h9-10,12,14H,4-8,11,13H2,1-3H3. The zero-order valence-corrected chi connectivity index (χ0v) is 16.7. The van der Waals surface area contributed by atoms with Crippen molar-refractivity contribution in [1.82, 2.24) is 14.5 Å². The maximum absolute atomic E-state index is 13.0. The monoisotopic (exact) mass is 385 g/mol. The number of hydrogen-bond donors (Lipinski definition) is 0. The van der Waals surface area contributed by atoms with Gasteiger partial charge < -0.3 is 9.64 Å². The molecule has 1 aliphatic rings. The molecule has 0 bridgehead atoms. The van der Waals surface area contributed by atoms with Crippen LogP contribution in [0.3, 0.4) is 0 Å². The number of fused-ring (bicyclic) bond motifs is 2. The van der Waals surface area contributed by atoms with Gasteiger partial charge in [-0.3, -0.25) is 19.0 Å². The van der Waals surface area contributed by atoms with Crippen LogP contribution < -0.4 is 5.56 Å². The summed E-state index contributed by atoms with van der Waals surface area (Å²) in [6.45, 7) is 4.26. The first-order chi connectivity index (χ1) is 13.4. The van der Waals surface area contributed by atoms with Crippen LogP contribution >= 0.6 is 0 Å². The highest BCUT2D eigenvalue weighted by molar-refractivity contribution is 5.99. The number of hydrogen-bond acceptors (Lipinski definition) is 5. The number of benzene rings is 1. The number of methoxy groups -OCH3 is 1. The Bertz CT molecular complexity index is 949. The number of rotatable bonds is 4. The fraction of sp³-hybridized carbons (Fsp3) is 0.524. The third kappa shape index (κ3) is 4.08. The van der Waals surface area contributed by atoms with Gasteiger partial charge >= 0.3 is 5.97 Å². The van der Waals surface area contributed by atoms with Crippen LogP contribution in [0, 0.1) is 0 Å². The van der Waals surface area contributed by atoms with E-state index in [0.717, 1.165) is 37.9 Å². The second kappa shape index (κ2) is 8.54. The number of aromatic nitrogens is 2. The molecule has 2 aromatic rings. The van der Waals surface area contributed by atoms with Gasteiger partial charge in [0.1, 0.15) is 12.4 Å². The third-order valence-electron chi connectivity index (χ3n) is 5.22. The van der Waals surface area contributed by atoms with Gasteiger partial charge in [0.05, 0.1) is 18.0 Å². The topological polar surface area (TPSA) is 81.5 Å². The smallest absolute Gasteiger partial charge is 0.325 e. The van der Waals surface area contributed by atoms with Crippen LogP contribution in [0.1, 0.15) is 55.7 Å². The first-order valence-electron chi connectivity index (χ1n) is 9.83. The highest BCUT2D eigenvalue weighted by Crippen LogP contribution is 2.18. The van der Waals surface area contributed by atoms with E-state index < -0.39 is 5.97 Å². The van der Waals surface area contributed by atoms with Gasteiger partial charge in [-0.25, -0.2) is 4.98 Å². The first-order valence-corrected chi connectivity index (χ1v) is 9.83. The molecule has 0 aliphatic carbocycles. The Labute approximate surface area is 164 Å². The molecule has 150 valence electrons. The van der Waals surface area contributed by atoms with Crippen LogP contribution in [0.2, 0.25) is 0 Å². The van der Waals surface area contributed by atoms with E-state index >= 15 is 0 Å². The lowest BCUT2D eigenvalue weighted by Gasteiger charge is -2.25. The average Bonchev–Trinajstić information content (AvgIpc) is 2.66. The molecule has 0 spiro atoms. The fourth-order valence-electron chi connectivity index (χ4n) is 3.59. The van der Waals surface area contributed by atoms with E-state index in [2.05, 4.69) is 0 Å². The molecule has 0 saturated carbocycles. The molecule has 1 aliphatic heterocycles. The Hall–Kier alpha value is -2.70. The van der Waals surface area contributed by atoms with Crippen molar-refractivity contribution in [3.63, 3.8) is 0 Å². The zero-order chi connectivity index (χ0) is 20.3. The normalized spacial score (nSPS) is 14.3. The second-order valence-electron chi connectivity index (χ2n) is 7.48. The van der Waals surface area contributed by atoms with Crippen LogP contribution in [-0.2, 0) is 22.5 Å². The number of carbonyl (C=O) groups is 2. The Balaban J connectivity index is 2.01. The maximum Gasteiger partial charge on any atom is 0.325 e. The first kappa shape index (κ1) is 20.0. The predicted octanol–water partition coefficient (Wildman–Crippen LogP) is 2.54. The van der Waals surface area contributed by atoms with Crippen molar-refractivity contribution < 1.29 is 14.3 Å². The molecule has 0 radical (unpaired) electrons. The van der Waals surface area contributed by atoms with Crippen molar-refractivity contribution in [3.05, 3.63) is 39.9 Å². The number of amides is 1. The molecule has 1 aromatic carbocycles. The van der Waals surface area contributed by atoms with E-state index in [-0.39, 0.29) is 24.1 Å². The van der Waals surface area contributed by atoms with Crippen molar-refractivity contribution >= 4 is 22.8 Å². The number of nitrogens with zero attached hydrogens (tertiary/aromatic N) is 3. The Kier molecular flexibility index (Phi) is 6.11. The van der Waals surface area contributed by atoms with E-state index in [0.29, 0.717) is 23.0 Å². The molecule has 28 heavy (non-hydrogen) atoms. The molecule has 0 unspecified atom stereocenters. The summed E-state index contributed by atoms with van der Waals surface area (Å²) in [5.74, 6) is 0.0358. The number of esters is 1. The lowest BCUT2D eigenvalue weighted by Crippen LogP contribution is -2.41. The van der Waals surface area contributed by atoms with Crippen molar-refractivity contribution in [2.45, 2.75) is 58.5 Å². The Morgan fingerprint density at radius 3 is 2.68 bits per heavy atom. The van der Waals surface area contributed by atoms with Gasteiger partial charge in [-0.15, -0.1) is 0 Å². The molecule has 0 N–H and O–H groups in total. The highest BCUT2D eigenvalue weighted by Gasteiger charge is 2.23. The van der Waals surface area contributed by atoms with E-state index in [9.17, 15) is 14.4 Å². The van der Waals surface area contributed by atoms with Crippen molar-refractivity contribution in [2.75, 3.05) is 13.7 Å². The maximum atomic E-state index is 13.0. The van der Waals surface area contributed by atoms with Crippen LogP contribution in [0.15, 0.2) is 23.0 Å². The summed E-state index contributed by atoms with van der Waals surface area (Å²) in [5, 5.41) is 0.518. The van der Waals surface area contributed by atoms with Crippen LogP contribution in [0.4, 0.5) is 0 Å².